The number of nitrogens with one attached hydrogen (secondary N) is 3. The first-order valence-corrected chi connectivity index (χ1v) is 8.88. The van der Waals surface area contributed by atoms with Gasteiger partial charge in [0, 0.05) is 24.5 Å². The van der Waals surface area contributed by atoms with Crippen molar-refractivity contribution in [3.05, 3.63) is 54.1 Å². The molecular formula is C18H17FN8O2. The number of nitrogens with zero attached hydrogens (tertiary/aromatic N) is 5. The number of carbonyl (C=O) groups excluding carboxylic acids is 2. The van der Waals surface area contributed by atoms with E-state index in [1.807, 2.05) is 0 Å². The largest absolute Gasteiger partial charge is 0.328 e. The molecule has 0 spiro atoms. The van der Waals surface area contributed by atoms with Crippen molar-refractivity contribution < 1.29 is 14.0 Å². The zero-order valence-corrected chi connectivity index (χ0v) is 15.4. The van der Waals surface area contributed by atoms with Gasteiger partial charge in [-0.05, 0) is 37.1 Å². The van der Waals surface area contributed by atoms with Crippen LogP contribution in [0.25, 0.3) is 5.95 Å². The fourth-order valence-corrected chi connectivity index (χ4v) is 3.01. The second-order valence-electron chi connectivity index (χ2n) is 6.44. The van der Waals surface area contributed by atoms with Crippen LogP contribution in [0.4, 0.5) is 20.6 Å². The van der Waals surface area contributed by atoms with Crippen LogP contribution in [0.15, 0.2) is 36.9 Å². The molecule has 3 aromatic rings. The van der Waals surface area contributed by atoms with Crippen LogP contribution in [0.3, 0.4) is 0 Å². The summed E-state index contributed by atoms with van der Waals surface area (Å²) in [5, 5.41) is 11.9. The fraction of sp³-hybridized carbons (Fsp3) is 0.222. The normalized spacial score (nSPS) is 13.9. The summed E-state index contributed by atoms with van der Waals surface area (Å²) < 4.78 is 15.7. The Morgan fingerprint density at radius 1 is 1.24 bits per heavy atom. The van der Waals surface area contributed by atoms with E-state index in [2.05, 4.69) is 36.0 Å². The number of amides is 3. The number of urea groups is 1. The maximum Gasteiger partial charge on any atom is 0.319 e. The maximum atomic E-state index is 14.3. The molecule has 11 heteroatoms. The second-order valence-corrected chi connectivity index (χ2v) is 6.44. The van der Waals surface area contributed by atoms with E-state index in [0.717, 1.165) is 0 Å². The summed E-state index contributed by atoms with van der Waals surface area (Å²) in [6.45, 7) is 1.70. The lowest BCUT2D eigenvalue weighted by atomic mass is 10.0. The van der Waals surface area contributed by atoms with Gasteiger partial charge < -0.3 is 16.0 Å². The molecule has 10 nitrogen and oxygen atoms in total. The number of anilines is 2. The minimum absolute atomic E-state index is 0.0384. The molecule has 0 fully saturated rings. The molecule has 29 heavy (non-hydrogen) atoms. The molecule has 4 rings (SSSR count). The molecule has 3 amide bonds. The molecule has 1 aromatic carbocycles. The van der Waals surface area contributed by atoms with E-state index >= 15 is 0 Å². The number of carbonyl (C=O) groups is 2. The zero-order chi connectivity index (χ0) is 20.4. The van der Waals surface area contributed by atoms with Crippen molar-refractivity contribution in [2.75, 3.05) is 10.6 Å². The first-order chi connectivity index (χ1) is 14.0. The quantitative estimate of drug-likeness (QED) is 0.619. The first kappa shape index (κ1) is 18.5. The van der Waals surface area contributed by atoms with E-state index in [1.54, 1.807) is 25.4 Å². The van der Waals surface area contributed by atoms with Crippen LogP contribution in [-0.2, 0) is 11.2 Å². The maximum absolute atomic E-state index is 14.3. The van der Waals surface area contributed by atoms with Gasteiger partial charge in [-0.3, -0.25) is 4.79 Å². The highest BCUT2D eigenvalue weighted by Gasteiger charge is 2.21. The van der Waals surface area contributed by atoms with Gasteiger partial charge in [0.25, 0.3) is 5.95 Å². The number of benzene rings is 1. The van der Waals surface area contributed by atoms with Gasteiger partial charge in [0.15, 0.2) is 5.82 Å². The molecule has 0 aliphatic carbocycles. The number of rotatable bonds is 4. The molecule has 3 N–H and O–H groups in total. The first-order valence-electron chi connectivity index (χ1n) is 8.88. The van der Waals surface area contributed by atoms with E-state index in [-0.39, 0.29) is 11.6 Å². The summed E-state index contributed by atoms with van der Waals surface area (Å²) in [5.74, 6) is -0.00536. The third-order valence-electron chi connectivity index (χ3n) is 4.39. The Bertz CT molecular complexity index is 1070. The Hall–Kier alpha value is -3.89. The van der Waals surface area contributed by atoms with E-state index < -0.39 is 17.9 Å². The summed E-state index contributed by atoms with van der Waals surface area (Å²) in [6.07, 6.45) is 5.22. The van der Waals surface area contributed by atoms with Gasteiger partial charge in [-0.1, -0.05) is 0 Å². The van der Waals surface area contributed by atoms with Crippen molar-refractivity contribution in [2.45, 2.75) is 25.8 Å². The highest BCUT2D eigenvalue weighted by atomic mass is 19.1. The van der Waals surface area contributed by atoms with Crippen LogP contribution >= 0.6 is 0 Å². The Labute approximate surface area is 164 Å². The predicted molar refractivity (Wildman–Crippen MR) is 101 cm³/mol. The van der Waals surface area contributed by atoms with Crippen LogP contribution < -0.4 is 16.0 Å². The molecule has 1 unspecified atom stereocenters. The minimum Gasteiger partial charge on any atom is -0.328 e. The monoisotopic (exact) mass is 396 g/mol. The number of halogens is 1. The average Bonchev–Trinajstić information content (AvgIpc) is 3.19. The SMILES string of the molecule is CC(NC(=O)Nc1cc2c(cc1F)CCC(=O)N2)c1ncnn1-c1ncccn1. The van der Waals surface area contributed by atoms with Gasteiger partial charge in [-0.25, -0.2) is 24.1 Å². The van der Waals surface area contributed by atoms with Gasteiger partial charge in [0.1, 0.15) is 12.1 Å². The molecule has 1 aliphatic rings. The molecule has 0 bridgehead atoms. The van der Waals surface area contributed by atoms with Crippen LogP contribution in [0.2, 0.25) is 0 Å². The summed E-state index contributed by atoms with van der Waals surface area (Å²) in [6, 6.07) is 3.19. The molecule has 0 saturated heterocycles. The number of hydrogen-bond acceptors (Lipinski definition) is 6. The Morgan fingerprint density at radius 3 is 2.83 bits per heavy atom. The lowest BCUT2D eigenvalue weighted by Crippen LogP contribution is -2.33. The highest BCUT2D eigenvalue weighted by Crippen LogP contribution is 2.28. The summed E-state index contributed by atoms with van der Waals surface area (Å²) >= 11 is 0. The minimum atomic E-state index is -0.637. The molecule has 1 aliphatic heterocycles. The number of aryl methyl sites for hydroxylation is 1. The average molecular weight is 396 g/mol. The van der Waals surface area contributed by atoms with Crippen molar-refractivity contribution in [3.63, 3.8) is 0 Å². The van der Waals surface area contributed by atoms with Gasteiger partial charge in [0.2, 0.25) is 5.91 Å². The molecule has 1 atom stereocenters. The Kier molecular flexibility index (Phi) is 4.85. The van der Waals surface area contributed by atoms with Crippen molar-refractivity contribution in [3.8, 4) is 5.95 Å². The van der Waals surface area contributed by atoms with E-state index in [9.17, 15) is 14.0 Å². The zero-order valence-electron chi connectivity index (χ0n) is 15.4. The third-order valence-corrected chi connectivity index (χ3v) is 4.39. The Balaban J connectivity index is 1.48. The number of aromatic nitrogens is 5. The standard InChI is InChI=1S/C18H17FN8O2/c1-10(16-22-9-23-27(16)17-20-5-2-6-21-17)24-18(29)26-14-8-13-11(7-12(14)19)3-4-15(28)25-13/h2,5-10H,3-4H2,1H3,(H,25,28)(H2,24,26,29). The smallest absolute Gasteiger partial charge is 0.319 e. The highest BCUT2D eigenvalue weighted by molar-refractivity contribution is 5.96. The molecule has 3 heterocycles. The lowest BCUT2D eigenvalue weighted by molar-refractivity contribution is -0.116. The lowest BCUT2D eigenvalue weighted by Gasteiger charge is -2.19. The Morgan fingerprint density at radius 2 is 2.03 bits per heavy atom. The fourth-order valence-electron chi connectivity index (χ4n) is 3.01. The topological polar surface area (TPSA) is 127 Å². The predicted octanol–water partition coefficient (Wildman–Crippen LogP) is 1.96. The van der Waals surface area contributed by atoms with Crippen LogP contribution in [0.5, 0.6) is 0 Å². The van der Waals surface area contributed by atoms with E-state index in [1.165, 1.54) is 23.1 Å². The van der Waals surface area contributed by atoms with E-state index in [0.29, 0.717) is 35.9 Å². The molecule has 0 saturated carbocycles. The molecule has 148 valence electrons. The van der Waals surface area contributed by atoms with Gasteiger partial charge in [-0.15, -0.1) is 0 Å². The second kappa shape index (κ2) is 7.62. The molecule has 0 radical (unpaired) electrons. The van der Waals surface area contributed by atoms with Crippen LogP contribution in [0, 0.1) is 5.82 Å². The van der Waals surface area contributed by atoms with Crippen molar-refractivity contribution >= 4 is 23.3 Å². The summed E-state index contributed by atoms with van der Waals surface area (Å²) in [7, 11) is 0. The number of fused-ring (bicyclic) bond motifs is 1. The third kappa shape index (κ3) is 3.88. The summed E-state index contributed by atoms with van der Waals surface area (Å²) in [5.41, 5.74) is 1.15. The van der Waals surface area contributed by atoms with Crippen molar-refractivity contribution in [2.24, 2.45) is 0 Å². The van der Waals surface area contributed by atoms with Crippen molar-refractivity contribution in [1.29, 1.82) is 0 Å². The summed E-state index contributed by atoms with van der Waals surface area (Å²) in [4.78, 5) is 36.3. The van der Waals surface area contributed by atoms with Gasteiger partial charge in [-0.2, -0.15) is 9.78 Å². The van der Waals surface area contributed by atoms with Crippen LogP contribution in [-0.4, -0.2) is 36.7 Å². The molecule has 2 aromatic heterocycles. The van der Waals surface area contributed by atoms with Gasteiger partial charge >= 0.3 is 6.03 Å². The van der Waals surface area contributed by atoms with E-state index in [4.69, 9.17) is 0 Å². The van der Waals surface area contributed by atoms with Crippen molar-refractivity contribution in [1.82, 2.24) is 30.0 Å². The van der Waals surface area contributed by atoms with Gasteiger partial charge in [0.05, 0.1) is 11.7 Å². The molecular weight excluding hydrogens is 379 g/mol. The number of hydrogen-bond donors (Lipinski definition) is 3. The van der Waals surface area contributed by atoms with Crippen LogP contribution in [0.1, 0.15) is 30.8 Å².